The van der Waals surface area contributed by atoms with Crippen LogP contribution in [0.2, 0.25) is 0 Å². The average Bonchev–Trinajstić information content (AvgIpc) is 3.26. The second-order valence-corrected chi connectivity index (χ2v) is 13.5. The van der Waals surface area contributed by atoms with Crippen molar-refractivity contribution in [2.24, 2.45) is 16.7 Å². The number of fused-ring (bicyclic) bond motifs is 4. The zero-order chi connectivity index (χ0) is 32.2. The third-order valence-corrected chi connectivity index (χ3v) is 10.5. The monoisotopic (exact) mass is 612 g/mol. The summed E-state index contributed by atoms with van der Waals surface area (Å²) in [6.07, 6.45) is -1.99. The minimum atomic E-state index is -1.50. The van der Waals surface area contributed by atoms with Crippen molar-refractivity contribution in [3.05, 3.63) is 59.7 Å². The van der Waals surface area contributed by atoms with E-state index >= 15 is 0 Å². The molecule has 1 aromatic rings. The number of esters is 3. The topological polar surface area (TPSA) is 138 Å². The highest BCUT2D eigenvalue weighted by Crippen LogP contribution is 2.68. The Morgan fingerprint density at radius 1 is 1.14 bits per heavy atom. The number of aliphatic hydroxyl groups excluding tert-OH is 1. The van der Waals surface area contributed by atoms with E-state index in [-0.39, 0.29) is 19.4 Å². The molecule has 0 amide bonds. The Morgan fingerprint density at radius 2 is 1.82 bits per heavy atom. The summed E-state index contributed by atoms with van der Waals surface area (Å²) in [5.41, 5.74) is -3.13. The van der Waals surface area contributed by atoms with Crippen molar-refractivity contribution in [2.75, 3.05) is 6.61 Å². The molecule has 3 aliphatic carbocycles. The number of rotatable bonds is 8. The van der Waals surface area contributed by atoms with Crippen molar-refractivity contribution in [1.82, 2.24) is 0 Å². The first kappa shape index (κ1) is 32.3. The summed E-state index contributed by atoms with van der Waals surface area (Å²) in [5.74, 6) is -2.46. The van der Waals surface area contributed by atoms with E-state index in [2.05, 4.69) is 6.58 Å². The zero-order valence-electron chi connectivity index (χ0n) is 26.3. The van der Waals surface area contributed by atoms with Crippen LogP contribution in [-0.2, 0) is 33.3 Å². The van der Waals surface area contributed by atoms with Gasteiger partial charge in [0.05, 0.1) is 29.3 Å². The second kappa shape index (κ2) is 11.4. The normalized spacial score (nSPS) is 36.9. The smallest absolute Gasteiger partial charge is 0.338 e. The quantitative estimate of drug-likeness (QED) is 0.192. The number of carbonyl (C=O) groups is 3. The van der Waals surface area contributed by atoms with Crippen LogP contribution in [0.3, 0.4) is 0 Å². The van der Waals surface area contributed by atoms with E-state index in [4.69, 9.17) is 23.7 Å². The molecule has 0 radical (unpaired) electrons. The van der Waals surface area contributed by atoms with Gasteiger partial charge in [-0.15, -0.1) is 0 Å². The van der Waals surface area contributed by atoms with Gasteiger partial charge in [-0.3, -0.25) is 9.59 Å². The van der Waals surface area contributed by atoms with Gasteiger partial charge < -0.3 is 33.9 Å². The van der Waals surface area contributed by atoms with Crippen molar-refractivity contribution >= 4 is 17.9 Å². The minimum Gasteiger partial charge on any atom is -0.458 e. The minimum absolute atomic E-state index is 0.0336. The molecule has 240 valence electrons. The van der Waals surface area contributed by atoms with Crippen LogP contribution in [0.4, 0.5) is 0 Å². The van der Waals surface area contributed by atoms with Gasteiger partial charge in [-0.2, -0.15) is 0 Å². The van der Waals surface area contributed by atoms with Crippen molar-refractivity contribution < 1.29 is 48.3 Å². The molecule has 0 aromatic heterocycles. The maximum absolute atomic E-state index is 14.0. The van der Waals surface area contributed by atoms with Crippen LogP contribution < -0.4 is 0 Å². The van der Waals surface area contributed by atoms with E-state index in [1.165, 1.54) is 19.9 Å². The predicted molar refractivity (Wildman–Crippen MR) is 158 cm³/mol. The molecular weight excluding hydrogens is 568 g/mol. The largest absolute Gasteiger partial charge is 0.458 e. The molecule has 3 unspecified atom stereocenters. The molecule has 3 fully saturated rings. The van der Waals surface area contributed by atoms with Crippen molar-refractivity contribution in [2.45, 2.75) is 109 Å². The summed E-state index contributed by atoms with van der Waals surface area (Å²) in [5, 5.41) is 22.9. The number of hydrogen-bond donors (Lipinski definition) is 2. The maximum atomic E-state index is 14.0. The molecule has 44 heavy (non-hydrogen) atoms. The number of hydrogen-bond acceptors (Lipinski definition) is 10. The lowest BCUT2D eigenvalue weighted by Gasteiger charge is -2.65. The number of allylic oxidation sites excluding steroid dienone is 1. The Morgan fingerprint density at radius 3 is 2.36 bits per heavy atom. The molecule has 1 heterocycles. The van der Waals surface area contributed by atoms with Crippen LogP contribution in [0, 0.1) is 16.7 Å². The molecule has 2 saturated carbocycles. The number of carbonyl (C=O) groups excluding carboxylic acids is 3. The van der Waals surface area contributed by atoms with Crippen LogP contribution in [0.25, 0.3) is 0 Å². The third kappa shape index (κ3) is 5.00. The van der Waals surface area contributed by atoms with Gasteiger partial charge in [0.25, 0.3) is 0 Å². The zero-order valence-corrected chi connectivity index (χ0v) is 26.3. The van der Waals surface area contributed by atoms with E-state index in [1.807, 2.05) is 13.8 Å². The molecule has 2 N–H and O–H groups in total. The van der Waals surface area contributed by atoms with Crippen molar-refractivity contribution in [3.63, 3.8) is 0 Å². The fraction of sp³-hybridized carbons (Fsp3) is 0.618. The van der Waals surface area contributed by atoms with Gasteiger partial charge in [-0.25, -0.2) is 4.79 Å². The first-order chi connectivity index (χ1) is 20.6. The van der Waals surface area contributed by atoms with Crippen molar-refractivity contribution in [1.29, 1.82) is 0 Å². The summed E-state index contributed by atoms with van der Waals surface area (Å²) in [4.78, 5) is 39.5. The lowest BCUT2D eigenvalue weighted by molar-refractivity contribution is -0.351. The lowest BCUT2D eigenvalue weighted by atomic mass is 9.50. The van der Waals surface area contributed by atoms with Gasteiger partial charge >= 0.3 is 17.9 Å². The van der Waals surface area contributed by atoms with Crippen LogP contribution >= 0.6 is 0 Å². The average molecular weight is 613 g/mol. The van der Waals surface area contributed by atoms with Gasteiger partial charge in [0.2, 0.25) is 0 Å². The maximum Gasteiger partial charge on any atom is 0.338 e. The molecule has 0 bridgehead atoms. The Bertz CT molecular complexity index is 1350. The lowest BCUT2D eigenvalue weighted by Crippen LogP contribution is -2.77. The fourth-order valence-corrected chi connectivity index (χ4v) is 8.76. The first-order valence-corrected chi connectivity index (χ1v) is 15.2. The van der Waals surface area contributed by atoms with Gasteiger partial charge in [0.15, 0.2) is 11.9 Å². The van der Waals surface area contributed by atoms with E-state index in [1.54, 1.807) is 44.2 Å². The van der Waals surface area contributed by atoms with E-state index in [0.29, 0.717) is 24.0 Å². The fourth-order valence-electron chi connectivity index (χ4n) is 8.76. The highest BCUT2D eigenvalue weighted by molar-refractivity contribution is 5.89. The Labute approximate surface area is 258 Å². The molecular formula is C34H44O10. The summed E-state index contributed by atoms with van der Waals surface area (Å²) < 4.78 is 31.1. The molecule has 1 aliphatic heterocycles. The first-order valence-electron chi connectivity index (χ1n) is 15.2. The molecule has 1 saturated heterocycles. The van der Waals surface area contributed by atoms with E-state index in [9.17, 15) is 24.6 Å². The molecule has 4 aliphatic rings. The van der Waals surface area contributed by atoms with Gasteiger partial charge in [0, 0.05) is 31.6 Å². The number of ether oxygens (including phenoxy) is 5. The van der Waals surface area contributed by atoms with Crippen LogP contribution in [0.5, 0.6) is 0 Å². The molecule has 1 aromatic carbocycles. The highest BCUT2D eigenvalue weighted by Gasteiger charge is 2.77. The van der Waals surface area contributed by atoms with Gasteiger partial charge in [-0.05, 0) is 63.8 Å². The summed E-state index contributed by atoms with van der Waals surface area (Å²) >= 11 is 0. The summed E-state index contributed by atoms with van der Waals surface area (Å²) in [7, 11) is 0. The van der Waals surface area contributed by atoms with Gasteiger partial charge in [0.1, 0.15) is 18.3 Å². The summed E-state index contributed by atoms with van der Waals surface area (Å²) in [6.45, 7) is 13.6. The SMILES string of the molecule is C=CC(O)O[C@H]1C[C@H]2OC[C@@]2(OC(C)=O)C2[C@H](OC(=O)c3ccccc3)C3(C(C)(C)O)CCC(C)=C3[C@H](OC(C)=O)C[C@@]21C. The standard InChI is InChI=1S/C34H44O10/c1-8-26(37)42-24-16-25-34(18-40-25,44-21(4)36)28-29(43-30(38)22-12-10-9-11-13-22)33(31(5,6)39)15-14-19(2)27(33)23(41-20(3)35)17-32(24,28)7/h8-13,23-26,28-29,37,39H,1,14-18H2,2-7H3/t23-,24+,25-,26?,28?,29+,32-,33?,34+/m1/s1. The number of benzene rings is 1. The highest BCUT2D eigenvalue weighted by atomic mass is 16.6. The van der Waals surface area contributed by atoms with Gasteiger partial charge in [-0.1, -0.05) is 37.3 Å². The summed E-state index contributed by atoms with van der Waals surface area (Å²) in [6, 6.07) is 8.56. The molecule has 10 heteroatoms. The Hall–Kier alpha value is -3.05. The molecule has 9 atom stereocenters. The molecule has 0 spiro atoms. The van der Waals surface area contributed by atoms with E-state index < -0.39 is 76.6 Å². The van der Waals surface area contributed by atoms with Crippen LogP contribution in [0.15, 0.2) is 54.1 Å². The number of aliphatic hydroxyl groups is 2. The predicted octanol–water partition coefficient (Wildman–Crippen LogP) is 4.03. The second-order valence-electron chi connectivity index (χ2n) is 13.5. The molecule has 10 nitrogen and oxygen atoms in total. The van der Waals surface area contributed by atoms with Crippen LogP contribution in [0.1, 0.15) is 77.6 Å². The third-order valence-electron chi connectivity index (χ3n) is 10.5. The van der Waals surface area contributed by atoms with E-state index in [0.717, 1.165) is 5.57 Å². The van der Waals surface area contributed by atoms with Crippen LogP contribution in [-0.4, -0.2) is 76.6 Å². The Kier molecular flexibility index (Phi) is 8.37. The van der Waals surface area contributed by atoms with Crippen molar-refractivity contribution in [3.8, 4) is 0 Å². The Balaban J connectivity index is 1.83. The molecule has 5 rings (SSSR count).